The minimum atomic E-state index is 0.0626. The van der Waals surface area contributed by atoms with Crippen LogP contribution in [0.5, 0.6) is 0 Å². The molecule has 1 aromatic heterocycles. The molecule has 0 atom stereocenters. The van der Waals surface area contributed by atoms with Crippen molar-refractivity contribution in [1.82, 2.24) is 24.7 Å². The first-order valence-corrected chi connectivity index (χ1v) is 6.93. The largest absolute Gasteiger partial charge is 0.338 e. The van der Waals surface area contributed by atoms with Gasteiger partial charge in [0.25, 0.3) is 0 Å². The molecule has 1 aliphatic rings. The van der Waals surface area contributed by atoms with E-state index in [9.17, 15) is 4.79 Å². The van der Waals surface area contributed by atoms with Gasteiger partial charge in [0.2, 0.25) is 0 Å². The fourth-order valence-corrected chi connectivity index (χ4v) is 2.33. The second-order valence-electron chi connectivity index (χ2n) is 4.83. The Balaban J connectivity index is 1.72. The summed E-state index contributed by atoms with van der Waals surface area (Å²) < 4.78 is 2.16. The Morgan fingerprint density at radius 3 is 2.63 bits per heavy atom. The van der Waals surface area contributed by atoms with Crippen molar-refractivity contribution < 1.29 is 4.79 Å². The Morgan fingerprint density at radius 2 is 2.05 bits per heavy atom. The third-order valence-electron chi connectivity index (χ3n) is 3.57. The molecule has 1 saturated heterocycles. The number of amides is 2. The number of hydrogen-bond donors (Lipinski definition) is 1. The van der Waals surface area contributed by atoms with Crippen LogP contribution in [0.3, 0.4) is 0 Å². The van der Waals surface area contributed by atoms with E-state index in [4.69, 9.17) is 0 Å². The molecule has 2 heterocycles. The van der Waals surface area contributed by atoms with Gasteiger partial charge in [-0.1, -0.05) is 0 Å². The van der Waals surface area contributed by atoms with Gasteiger partial charge in [0.15, 0.2) is 0 Å². The van der Waals surface area contributed by atoms with Crippen molar-refractivity contribution in [3.63, 3.8) is 0 Å². The zero-order chi connectivity index (χ0) is 13.7. The van der Waals surface area contributed by atoms with Crippen LogP contribution in [0.1, 0.15) is 12.7 Å². The molecular formula is C13H23N5O. The van der Waals surface area contributed by atoms with Crippen LogP contribution in [0, 0.1) is 6.92 Å². The molecule has 0 spiro atoms. The fourth-order valence-electron chi connectivity index (χ4n) is 2.33. The number of aromatic nitrogens is 2. The second-order valence-corrected chi connectivity index (χ2v) is 4.83. The fraction of sp³-hybridized carbons (Fsp3) is 0.692. The van der Waals surface area contributed by atoms with Crippen molar-refractivity contribution in [2.24, 2.45) is 0 Å². The summed E-state index contributed by atoms with van der Waals surface area (Å²) in [6, 6.07) is 0.0626. The summed E-state index contributed by atoms with van der Waals surface area (Å²) in [4.78, 5) is 20.2. The van der Waals surface area contributed by atoms with Gasteiger partial charge in [-0.25, -0.2) is 9.78 Å². The van der Waals surface area contributed by atoms with Crippen molar-refractivity contribution in [2.75, 3.05) is 39.3 Å². The first kappa shape index (κ1) is 13.9. The van der Waals surface area contributed by atoms with Crippen LogP contribution in [0.2, 0.25) is 0 Å². The van der Waals surface area contributed by atoms with E-state index in [1.54, 1.807) is 0 Å². The number of nitrogens with zero attached hydrogens (tertiary/aromatic N) is 4. The quantitative estimate of drug-likeness (QED) is 0.864. The van der Waals surface area contributed by atoms with E-state index in [1.807, 2.05) is 31.1 Å². The van der Waals surface area contributed by atoms with Crippen molar-refractivity contribution in [3.8, 4) is 0 Å². The number of hydrogen-bond acceptors (Lipinski definition) is 3. The molecule has 1 N–H and O–H groups in total. The van der Waals surface area contributed by atoms with Crippen molar-refractivity contribution >= 4 is 6.03 Å². The third kappa shape index (κ3) is 3.70. The van der Waals surface area contributed by atoms with Crippen molar-refractivity contribution in [3.05, 3.63) is 18.2 Å². The minimum Gasteiger partial charge on any atom is -0.338 e. The van der Waals surface area contributed by atoms with Crippen molar-refractivity contribution in [1.29, 1.82) is 0 Å². The molecule has 0 unspecified atom stereocenters. The molecule has 0 radical (unpaired) electrons. The lowest BCUT2D eigenvalue weighted by Crippen LogP contribution is -2.52. The first-order valence-electron chi connectivity index (χ1n) is 6.93. The van der Waals surface area contributed by atoms with E-state index < -0.39 is 0 Å². The number of carbonyl (C=O) groups is 1. The Kier molecular flexibility index (Phi) is 4.79. The van der Waals surface area contributed by atoms with Crippen LogP contribution >= 0.6 is 0 Å². The second kappa shape index (κ2) is 6.56. The maximum Gasteiger partial charge on any atom is 0.317 e. The van der Waals surface area contributed by atoms with E-state index in [0.717, 1.165) is 45.1 Å². The topological polar surface area (TPSA) is 53.4 Å². The average Bonchev–Trinajstić information content (AvgIpc) is 2.83. The lowest BCUT2D eigenvalue weighted by molar-refractivity contribution is 0.137. The Labute approximate surface area is 114 Å². The summed E-state index contributed by atoms with van der Waals surface area (Å²) in [7, 11) is 0. The molecule has 2 amide bonds. The summed E-state index contributed by atoms with van der Waals surface area (Å²) in [5, 5.41) is 2.85. The normalized spacial score (nSPS) is 16.6. The van der Waals surface area contributed by atoms with Gasteiger partial charge in [0, 0.05) is 58.2 Å². The third-order valence-corrected chi connectivity index (χ3v) is 3.57. The van der Waals surface area contributed by atoms with Gasteiger partial charge in [-0.3, -0.25) is 4.90 Å². The SMILES string of the molecule is CCNC(=O)N1CCN(CCn2ccnc2C)CC1. The molecule has 1 aliphatic heterocycles. The maximum absolute atomic E-state index is 11.7. The van der Waals surface area contributed by atoms with E-state index in [2.05, 4.69) is 19.8 Å². The molecule has 106 valence electrons. The highest BCUT2D eigenvalue weighted by Crippen LogP contribution is 2.03. The van der Waals surface area contributed by atoms with E-state index in [1.165, 1.54) is 0 Å². The predicted octanol–water partition coefficient (Wildman–Crippen LogP) is 0.539. The van der Waals surface area contributed by atoms with Crippen LogP contribution in [0.15, 0.2) is 12.4 Å². The molecule has 19 heavy (non-hydrogen) atoms. The molecule has 1 aromatic rings. The summed E-state index contributed by atoms with van der Waals surface area (Å²) in [5.41, 5.74) is 0. The predicted molar refractivity (Wildman–Crippen MR) is 74.0 cm³/mol. The summed E-state index contributed by atoms with van der Waals surface area (Å²) in [6.07, 6.45) is 3.85. The van der Waals surface area contributed by atoms with E-state index in [0.29, 0.717) is 6.54 Å². The number of urea groups is 1. The van der Waals surface area contributed by atoms with Gasteiger partial charge >= 0.3 is 6.03 Å². The van der Waals surface area contributed by atoms with Crippen LogP contribution < -0.4 is 5.32 Å². The molecule has 2 rings (SSSR count). The van der Waals surface area contributed by atoms with E-state index >= 15 is 0 Å². The van der Waals surface area contributed by atoms with Crippen LogP contribution in [-0.4, -0.2) is 64.7 Å². The summed E-state index contributed by atoms with van der Waals surface area (Å²) in [5.74, 6) is 1.06. The Morgan fingerprint density at radius 1 is 1.32 bits per heavy atom. The molecular weight excluding hydrogens is 242 g/mol. The van der Waals surface area contributed by atoms with Gasteiger partial charge in [0.1, 0.15) is 5.82 Å². The highest BCUT2D eigenvalue weighted by molar-refractivity contribution is 5.74. The lowest BCUT2D eigenvalue weighted by atomic mass is 10.3. The molecule has 1 fully saturated rings. The van der Waals surface area contributed by atoms with Gasteiger partial charge in [-0.15, -0.1) is 0 Å². The number of imidazole rings is 1. The number of piperazine rings is 1. The Bertz CT molecular complexity index is 409. The molecule has 6 heteroatoms. The van der Waals surface area contributed by atoms with Gasteiger partial charge < -0.3 is 14.8 Å². The van der Waals surface area contributed by atoms with E-state index in [-0.39, 0.29) is 6.03 Å². The molecule has 0 bridgehead atoms. The summed E-state index contributed by atoms with van der Waals surface area (Å²) in [6.45, 7) is 10.2. The number of nitrogens with one attached hydrogen (secondary N) is 1. The van der Waals surface area contributed by atoms with Gasteiger partial charge in [-0.2, -0.15) is 0 Å². The van der Waals surface area contributed by atoms with Crippen LogP contribution in [-0.2, 0) is 6.54 Å². The van der Waals surface area contributed by atoms with Crippen molar-refractivity contribution in [2.45, 2.75) is 20.4 Å². The molecule has 0 aromatic carbocycles. The zero-order valence-electron chi connectivity index (χ0n) is 11.8. The molecule has 6 nitrogen and oxygen atoms in total. The van der Waals surface area contributed by atoms with Crippen LogP contribution in [0.4, 0.5) is 4.79 Å². The summed E-state index contributed by atoms with van der Waals surface area (Å²) >= 11 is 0. The average molecular weight is 265 g/mol. The Hall–Kier alpha value is -1.56. The standard InChI is InChI=1S/C13H23N5O/c1-3-14-13(19)18-10-7-16(8-11-18)6-9-17-5-4-15-12(17)2/h4-5H,3,6-11H2,1-2H3,(H,14,19). The monoisotopic (exact) mass is 265 g/mol. The van der Waals surface area contributed by atoms with Crippen LogP contribution in [0.25, 0.3) is 0 Å². The zero-order valence-corrected chi connectivity index (χ0v) is 11.8. The van der Waals surface area contributed by atoms with Gasteiger partial charge in [-0.05, 0) is 13.8 Å². The highest BCUT2D eigenvalue weighted by atomic mass is 16.2. The molecule has 0 aliphatic carbocycles. The maximum atomic E-state index is 11.7. The highest BCUT2D eigenvalue weighted by Gasteiger charge is 2.20. The first-order chi connectivity index (χ1) is 9.20. The number of carbonyl (C=O) groups excluding carboxylic acids is 1. The number of aryl methyl sites for hydroxylation is 1. The van der Waals surface area contributed by atoms with Gasteiger partial charge in [0.05, 0.1) is 0 Å². The smallest absolute Gasteiger partial charge is 0.317 e. The number of rotatable bonds is 4. The molecule has 0 saturated carbocycles. The lowest BCUT2D eigenvalue weighted by Gasteiger charge is -2.34. The minimum absolute atomic E-state index is 0.0626.